The molecule has 1 aliphatic rings. The van der Waals surface area contributed by atoms with Gasteiger partial charge in [-0.15, -0.1) is 0 Å². The van der Waals surface area contributed by atoms with Crippen molar-refractivity contribution < 1.29 is 13.2 Å². The van der Waals surface area contributed by atoms with Gasteiger partial charge in [-0.3, -0.25) is 4.79 Å². The first kappa shape index (κ1) is 15.5. The van der Waals surface area contributed by atoms with Crippen LogP contribution in [0.2, 0.25) is 0 Å². The molecule has 8 heteroatoms. The molecule has 1 aromatic rings. The first-order valence-electron chi connectivity index (χ1n) is 6.46. The molecule has 0 atom stereocenters. The maximum absolute atomic E-state index is 12.0. The summed E-state index contributed by atoms with van der Waals surface area (Å²) in [6.07, 6.45) is 3.17. The number of nitrogen functional groups attached to an aromatic ring is 1. The van der Waals surface area contributed by atoms with Gasteiger partial charge in [-0.2, -0.15) is 12.7 Å². The molecule has 0 radical (unpaired) electrons. The Morgan fingerprint density at radius 3 is 2.19 bits per heavy atom. The van der Waals surface area contributed by atoms with E-state index in [1.54, 1.807) is 23.1 Å². The van der Waals surface area contributed by atoms with Gasteiger partial charge in [0.15, 0.2) is 0 Å². The summed E-state index contributed by atoms with van der Waals surface area (Å²) in [6, 6.07) is 7.15. The van der Waals surface area contributed by atoms with Crippen molar-refractivity contribution in [2.75, 3.05) is 31.9 Å². The highest BCUT2D eigenvalue weighted by Gasteiger charge is 2.25. The van der Waals surface area contributed by atoms with Crippen molar-refractivity contribution in [1.82, 2.24) is 9.21 Å². The fraction of sp³-hybridized carbons (Fsp3) is 0.308. The number of benzene rings is 1. The Balaban J connectivity index is 1.92. The van der Waals surface area contributed by atoms with E-state index in [4.69, 9.17) is 10.9 Å². The summed E-state index contributed by atoms with van der Waals surface area (Å²) in [7, 11) is -3.67. The molecule has 0 aromatic heterocycles. The molecule has 1 saturated heterocycles. The minimum Gasteiger partial charge on any atom is -0.399 e. The van der Waals surface area contributed by atoms with Gasteiger partial charge in [0, 0.05) is 37.9 Å². The van der Waals surface area contributed by atoms with E-state index >= 15 is 0 Å². The minimum atomic E-state index is -3.67. The van der Waals surface area contributed by atoms with Crippen LogP contribution in [0.15, 0.2) is 30.3 Å². The second-order valence-corrected chi connectivity index (χ2v) is 6.32. The lowest BCUT2D eigenvalue weighted by molar-refractivity contribution is -0.127. The predicted octanol–water partition coefficient (Wildman–Crippen LogP) is -0.370. The fourth-order valence-corrected chi connectivity index (χ4v) is 2.72. The Bertz CT molecular complexity index is 632. The highest BCUT2D eigenvalue weighted by molar-refractivity contribution is 7.86. The van der Waals surface area contributed by atoms with E-state index in [2.05, 4.69) is 0 Å². The van der Waals surface area contributed by atoms with Gasteiger partial charge in [-0.05, 0) is 23.8 Å². The van der Waals surface area contributed by atoms with Gasteiger partial charge in [0.05, 0.1) is 0 Å². The highest BCUT2D eigenvalue weighted by atomic mass is 32.2. The Morgan fingerprint density at radius 2 is 1.67 bits per heavy atom. The van der Waals surface area contributed by atoms with Gasteiger partial charge in [0.1, 0.15) is 0 Å². The van der Waals surface area contributed by atoms with Crippen molar-refractivity contribution in [3.8, 4) is 0 Å². The van der Waals surface area contributed by atoms with Crippen LogP contribution in [0.25, 0.3) is 6.08 Å². The average molecular weight is 310 g/mol. The molecule has 1 fully saturated rings. The number of rotatable bonds is 3. The smallest absolute Gasteiger partial charge is 0.277 e. The van der Waals surface area contributed by atoms with E-state index in [1.807, 2.05) is 12.1 Å². The number of nitrogens with two attached hydrogens (primary N) is 2. The molecule has 0 unspecified atom stereocenters. The van der Waals surface area contributed by atoms with Gasteiger partial charge in [0.25, 0.3) is 10.2 Å². The van der Waals surface area contributed by atoms with E-state index in [1.165, 1.54) is 10.4 Å². The largest absolute Gasteiger partial charge is 0.399 e. The van der Waals surface area contributed by atoms with Crippen LogP contribution in [0.3, 0.4) is 0 Å². The minimum absolute atomic E-state index is 0.152. The van der Waals surface area contributed by atoms with Crippen LogP contribution in [-0.2, 0) is 15.0 Å². The number of hydrogen-bond donors (Lipinski definition) is 2. The van der Waals surface area contributed by atoms with E-state index in [9.17, 15) is 13.2 Å². The van der Waals surface area contributed by atoms with Crippen molar-refractivity contribution in [2.24, 2.45) is 5.14 Å². The third-order valence-electron chi connectivity index (χ3n) is 3.27. The van der Waals surface area contributed by atoms with Gasteiger partial charge < -0.3 is 10.6 Å². The van der Waals surface area contributed by atoms with E-state index in [0.29, 0.717) is 18.8 Å². The third-order valence-corrected chi connectivity index (χ3v) is 4.35. The molecular weight excluding hydrogens is 292 g/mol. The molecule has 1 aromatic carbocycles. The molecule has 1 amide bonds. The van der Waals surface area contributed by atoms with Crippen molar-refractivity contribution in [3.63, 3.8) is 0 Å². The average Bonchev–Trinajstić information content (AvgIpc) is 2.45. The quantitative estimate of drug-likeness (QED) is 0.586. The Morgan fingerprint density at radius 1 is 1.10 bits per heavy atom. The molecule has 0 saturated carbocycles. The lowest BCUT2D eigenvalue weighted by Crippen LogP contribution is -2.51. The van der Waals surface area contributed by atoms with E-state index in [-0.39, 0.29) is 19.0 Å². The summed E-state index contributed by atoms with van der Waals surface area (Å²) in [4.78, 5) is 13.6. The zero-order valence-corrected chi connectivity index (χ0v) is 12.3. The maximum atomic E-state index is 12.0. The van der Waals surface area contributed by atoms with Crippen LogP contribution in [-0.4, -0.2) is 49.7 Å². The van der Waals surface area contributed by atoms with Crippen LogP contribution in [0, 0.1) is 0 Å². The molecule has 1 heterocycles. The van der Waals surface area contributed by atoms with E-state index in [0.717, 1.165) is 5.56 Å². The number of carbonyl (C=O) groups is 1. The number of piperazine rings is 1. The second-order valence-electron chi connectivity index (χ2n) is 4.77. The van der Waals surface area contributed by atoms with Crippen LogP contribution in [0.1, 0.15) is 5.56 Å². The second kappa shape index (κ2) is 6.25. The number of anilines is 1. The number of nitrogens with zero attached hydrogens (tertiary/aromatic N) is 2. The number of amides is 1. The summed E-state index contributed by atoms with van der Waals surface area (Å²) in [6.45, 7) is 1.11. The monoisotopic (exact) mass is 310 g/mol. The SMILES string of the molecule is Nc1ccc(/C=C/C(=O)N2CCN(S(N)(=O)=O)CC2)cc1. The van der Waals surface area contributed by atoms with Crippen LogP contribution >= 0.6 is 0 Å². The first-order valence-corrected chi connectivity index (χ1v) is 7.97. The Hall–Kier alpha value is -1.90. The molecule has 114 valence electrons. The van der Waals surface area contributed by atoms with Crippen LogP contribution < -0.4 is 10.9 Å². The molecule has 0 aliphatic carbocycles. The summed E-state index contributed by atoms with van der Waals surface area (Å²) < 4.78 is 23.5. The van der Waals surface area contributed by atoms with Crippen molar-refractivity contribution >= 4 is 27.9 Å². The predicted molar refractivity (Wildman–Crippen MR) is 81.1 cm³/mol. The highest BCUT2D eigenvalue weighted by Crippen LogP contribution is 2.09. The van der Waals surface area contributed by atoms with Gasteiger partial charge in [0.2, 0.25) is 5.91 Å². The van der Waals surface area contributed by atoms with Crippen LogP contribution in [0.4, 0.5) is 5.69 Å². The standard InChI is InChI=1S/C13H18N4O3S/c14-12-4-1-11(2-5-12)3-6-13(18)16-7-9-17(10-8-16)21(15,19)20/h1-6H,7-10,14H2,(H2,15,19,20)/b6-3+. The van der Waals surface area contributed by atoms with Crippen LogP contribution in [0.5, 0.6) is 0 Å². The Kier molecular flexibility index (Phi) is 4.61. The molecule has 0 bridgehead atoms. The molecule has 7 nitrogen and oxygen atoms in total. The summed E-state index contributed by atoms with van der Waals surface area (Å²) >= 11 is 0. The lowest BCUT2D eigenvalue weighted by atomic mass is 10.2. The van der Waals surface area contributed by atoms with Crippen molar-refractivity contribution in [1.29, 1.82) is 0 Å². The first-order chi connectivity index (χ1) is 9.86. The Labute approximate surface area is 124 Å². The molecule has 2 rings (SSSR count). The van der Waals surface area contributed by atoms with Gasteiger partial charge in [-0.25, -0.2) is 5.14 Å². The zero-order valence-electron chi connectivity index (χ0n) is 11.5. The van der Waals surface area contributed by atoms with Gasteiger partial charge in [-0.1, -0.05) is 12.1 Å². The summed E-state index contributed by atoms with van der Waals surface area (Å²) in [5, 5.41) is 5.05. The normalized spacial score (nSPS) is 17.3. The molecule has 21 heavy (non-hydrogen) atoms. The summed E-state index contributed by atoms with van der Waals surface area (Å²) in [5.41, 5.74) is 7.12. The molecule has 0 spiro atoms. The maximum Gasteiger partial charge on any atom is 0.277 e. The van der Waals surface area contributed by atoms with Crippen molar-refractivity contribution in [2.45, 2.75) is 0 Å². The van der Waals surface area contributed by atoms with Gasteiger partial charge >= 0.3 is 0 Å². The molecular formula is C13H18N4O3S. The molecule has 1 aliphatic heterocycles. The van der Waals surface area contributed by atoms with E-state index < -0.39 is 10.2 Å². The van der Waals surface area contributed by atoms with Crippen molar-refractivity contribution in [3.05, 3.63) is 35.9 Å². The zero-order chi connectivity index (χ0) is 15.5. The fourth-order valence-electron chi connectivity index (χ4n) is 2.04. The lowest BCUT2D eigenvalue weighted by Gasteiger charge is -2.32. The number of carbonyl (C=O) groups excluding carboxylic acids is 1. The topological polar surface area (TPSA) is 110 Å². The number of hydrogen-bond acceptors (Lipinski definition) is 4. The third kappa shape index (κ3) is 4.28. The molecule has 4 N–H and O–H groups in total. The summed E-state index contributed by atoms with van der Waals surface area (Å²) in [5.74, 6) is -0.152.